The minimum absolute atomic E-state index is 0.551. The molecular formula is C14H17N3. The predicted octanol–water partition coefficient (Wildman–Crippen LogP) is 3.13. The first-order chi connectivity index (χ1) is 8.22. The lowest BCUT2D eigenvalue weighted by Crippen LogP contribution is -2.17. The van der Waals surface area contributed by atoms with E-state index in [0.717, 1.165) is 12.2 Å². The van der Waals surface area contributed by atoms with Gasteiger partial charge in [0.05, 0.1) is 11.9 Å². The lowest BCUT2D eigenvalue weighted by atomic mass is 10.1. The fourth-order valence-corrected chi connectivity index (χ4v) is 1.92. The summed E-state index contributed by atoms with van der Waals surface area (Å²) >= 11 is 0. The number of nitrogen functional groups attached to an aromatic ring is 1. The topological polar surface area (TPSA) is 42.1 Å². The summed E-state index contributed by atoms with van der Waals surface area (Å²) in [4.78, 5) is 6.36. The van der Waals surface area contributed by atoms with Gasteiger partial charge in [0.2, 0.25) is 0 Å². The summed E-state index contributed by atoms with van der Waals surface area (Å²) in [6.45, 7) is 5.14. The van der Waals surface area contributed by atoms with Crippen molar-refractivity contribution in [2.24, 2.45) is 0 Å². The number of hydrogen-bond acceptors (Lipinski definition) is 3. The standard InChI is InChI=1S/C14H17N3/c1-3-17(12-8-9-14(15)16-10-12)13-7-5-4-6-11(13)2/h4-10H,3H2,1-2H3,(H2,15,16). The lowest BCUT2D eigenvalue weighted by molar-refractivity contribution is 1.01. The summed E-state index contributed by atoms with van der Waals surface area (Å²) in [7, 11) is 0. The largest absolute Gasteiger partial charge is 0.384 e. The smallest absolute Gasteiger partial charge is 0.123 e. The minimum atomic E-state index is 0.551. The summed E-state index contributed by atoms with van der Waals surface area (Å²) in [5, 5.41) is 0. The van der Waals surface area contributed by atoms with Crippen LogP contribution in [0.5, 0.6) is 0 Å². The Morgan fingerprint density at radius 1 is 1.18 bits per heavy atom. The molecular weight excluding hydrogens is 210 g/mol. The molecule has 2 rings (SSSR count). The zero-order chi connectivity index (χ0) is 12.3. The van der Waals surface area contributed by atoms with Gasteiger partial charge in [-0.1, -0.05) is 18.2 Å². The Balaban J connectivity index is 2.40. The molecule has 1 aromatic heterocycles. The second kappa shape index (κ2) is 4.87. The van der Waals surface area contributed by atoms with E-state index in [4.69, 9.17) is 5.73 Å². The summed E-state index contributed by atoms with van der Waals surface area (Å²) in [5.41, 5.74) is 9.14. The normalized spacial score (nSPS) is 10.2. The molecule has 0 amide bonds. The van der Waals surface area contributed by atoms with E-state index in [1.165, 1.54) is 11.3 Å². The summed E-state index contributed by atoms with van der Waals surface area (Å²) in [6.07, 6.45) is 1.81. The summed E-state index contributed by atoms with van der Waals surface area (Å²) in [5.74, 6) is 0.551. The van der Waals surface area contributed by atoms with E-state index in [1.807, 2.05) is 24.4 Å². The maximum Gasteiger partial charge on any atom is 0.123 e. The van der Waals surface area contributed by atoms with Crippen molar-refractivity contribution in [2.75, 3.05) is 17.2 Å². The van der Waals surface area contributed by atoms with Crippen LogP contribution >= 0.6 is 0 Å². The molecule has 3 nitrogen and oxygen atoms in total. The number of para-hydroxylation sites is 1. The molecule has 2 aromatic rings. The second-order valence-electron chi connectivity index (χ2n) is 3.97. The Labute approximate surface area is 102 Å². The van der Waals surface area contributed by atoms with E-state index in [9.17, 15) is 0 Å². The second-order valence-corrected chi connectivity index (χ2v) is 3.97. The van der Waals surface area contributed by atoms with Crippen molar-refractivity contribution in [3.05, 3.63) is 48.2 Å². The third-order valence-corrected chi connectivity index (χ3v) is 2.80. The number of rotatable bonds is 3. The molecule has 1 heterocycles. The molecule has 88 valence electrons. The molecule has 17 heavy (non-hydrogen) atoms. The fourth-order valence-electron chi connectivity index (χ4n) is 1.92. The van der Waals surface area contributed by atoms with E-state index in [1.54, 1.807) is 0 Å². The molecule has 0 radical (unpaired) electrons. The van der Waals surface area contributed by atoms with Crippen molar-refractivity contribution in [2.45, 2.75) is 13.8 Å². The molecule has 0 aliphatic carbocycles. The SMILES string of the molecule is CCN(c1ccc(N)nc1)c1ccccc1C. The first-order valence-corrected chi connectivity index (χ1v) is 5.77. The highest BCUT2D eigenvalue weighted by Crippen LogP contribution is 2.27. The van der Waals surface area contributed by atoms with Crippen molar-refractivity contribution in [1.82, 2.24) is 4.98 Å². The van der Waals surface area contributed by atoms with Gasteiger partial charge in [-0.05, 0) is 37.6 Å². The van der Waals surface area contributed by atoms with Gasteiger partial charge in [0, 0.05) is 12.2 Å². The van der Waals surface area contributed by atoms with Crippen LogP contribution in [-0.2, 0) is 0 Å². The maximum atomic E-state index is 5.61. The summed E-state index contributed by atoms with van der Waals surface area (Å²) < 4.78 is 0. The number of hydrogen-bond donors (Lipinski definition) is 1. The quantitative estimate of drug-likeness (QED) is 0.876. The van der Waals surface area contributed by atoms with Crippen LogP contribution in [0.25, 0.3) is 0 Å². The van der Waals surface area contributed by atoms with Crippen LogP contribution in [0.1, 0.15) is 12.5 Å². The number of aryl methyl sites for hydroxylation is 1. The van der Waals surface area contributed by atoms with Crippen LogP contribution < -0.4 is 10.6 Å². The van der Waals surface area contributed by atoms with Gasteiger partial charge in [-0.2, -0.15) is 0 Å². The molecule has 3 heteroatoms. The van der Waals surface area contributed by atoms with Gasteiger partial charge in [0.15, 0.2) is 0 Å². The molecule has 1 aromatic carbocycles. The first kappa shape index (κ1) is 11.5. The van der Waals surface area contributed by atoms with E-state index < -0.39 is 0 Å². The lowest BCUT2D eigenvalue weighted by Gasteiger charge is -2.24. The summed E-state index contributed by atoms with van der Waals surface area (Å²) in [6, 6.07) is 12.2. The molecule has 0 unspecified atom stereocenters. The average molecular weight is 227 g/mol. The molecule has 2 N–H and O–H groups in total. The van der Waals surface area contributed by atoms with Crippen molar-refractivity contribution in [3.8, 4) is 0 Å². The van der Waals surface area contributed by atoms with Gasteiger partial charge in [0.25, 0.3) is 0 Å². The van der Waals surface area contributed by atoms with E-state index in [0.29, 0.717) is 5.82 Å². The van der Waals surface area contributed by atoms with Crippen LogP contribution in [0.3, 0.4) is 0 Å². The highest BCUT2D eigenvalue weighted by atomic mass is 15.1. The van der Waals surface area contributed by atoms with E-state index >= 15 is 0 Å². The van der Waals surface area contributed by atoms with Crippen LogP contribution in [0.2, 0.25) is 0 Å². The molecule has 0 bridgehead atoms. The van der Waals surface area contributed by atoms with E-state index in [-0.39, 0.29) is 0 Å². The number of nitrogens with two attached hydrogens (primary N) is 1. The molecule has 0 fully saturated rings. The molecule has 0 saturated heterocycles. The monoisotopic (exact) mass is 227 g/mol. The first-order valence-electron chi connectivity index (χ1n) is 5.77. The van der Waals surface area contributed by atoms with Gasteiger partial charge in [0.1, 0.15) is 5.82 Å². The maximum absolute atomic E-state index is 5.61. The zero-order valence-corrected chi connectivity index (χ0v) is 10.2. The third kappa shape index (κ3) is 2.38. The van der Waals surface area contributed by atoms with Crippen molar-refractivity contribution < 1.29 is 0 Å². The molecule has 0 aliphatic heterocycles. The highest BCUT2D eigenvalue weighted by molar-refractivity contribution is 5.66. The van der Waals surface area contributed by atoms with Gasteiger partial charge in [-0.15, -0.1) is 0 Å². The predicted molar refractivity (Wildman–Crippen MR) is 72.5 cm³/mol. The van der Waals surface area contributed by atoms with Crippen LogP contribution in [0.4, 0.5) is 17.2 Å². The number of nitrogens with zero attached hydrogens (tertiary/aromatic N) is 2. The van der Waals surface area contributed by atoms with Crippen molar-refractivity contribution in [3.63, 3.8) is 0 Å². The number of benzene rings is 1. The van der Waals surface area contributed by atoms with Gasteiger partial charge in [-0.25, -0.2) is 4.98 Å². The third-order valence-electron chi connectivity index (χ3n) is 2.80. The van der Waals surface area contributed by atoms with Gasteiger partial charge < -0.3 is 10.6 Å². The van der Waals surface area contributed by atoms with Crippen LogP contribution in [0, 0.1) is 6.92 Å². The van der Waals surface area contributed by atoms with Gasteiger partial charge in [-0.3, -0.25) is 0 Å². The van der Waals surface area contributed by atoms with Crippen molar-refractivity contribution >= 4 is 17.2 Å². The Kier molecular flexibility index (Phi) is 3.28. The minimum Gasteiger partial charge on any atom is -0.384 e. The average Bonchev–Trinajstić information content (AvgIpc) is 2.35. The zero-order valence-electron chi connectivity index (χ0n) is 10.2. The van der Waals surface area contributed by atoms with E-state index in [2.05, 4.69) is 41.9 Å². The van der Waals surface area contributed by atoms with Crippen molar-refractivity contribution in [1.29, 1.82) is 0 Å². The molecule has 0 spiro atoms. The van der Waals surface area contributed by atoms with Crippen LogP contribution in [0.15, 0.2) is 42.6 Å². The molecule has 0 aliphatic rings. The number of anilines is 3. The Morgan fingerprint density at radius 3 is 2.53 bits per heavy atom. The highest BCUT2D eigenvalue weighted by Gasteiger charge is 2.09. The Morgan fingerprint density at radius 2 is 1.94 bits per heavy atom. The Bertz CT molecular complexity index is 491. The van der Waals surface area contributed by atoms with Crippen LogP contribution in [-0.4, -0.2) is 11.5 Å². The Hall–Kier alpha value is -2.03. The van der Waals surface area contributed by atoms with Gasteiger partial charge >= 0.3 is 0 Å². The fraction of sp³-hybridized carbons (Fsp3) is 0.214. The molecule has 0 saturated carbocycles. The number of aromatic nitrogens is 1. The molecule has 0 atom stereocenters. The number of pyridine rings is 1.